The van der Waals surface area contributed by atoms with Gasteiger partial charge in [0.2, 0.25) is 0 Å². The van der Waals surface area contributed by atoms with Crippen molar-refractivity contribution in [1.82, 2.24) is 0 Å². The van der Waals surface area contributed by atoms with Crippen LogP contribution < -0.4 is 5.73 Å². The molecule has 1 rings (SSSR count). The Labute approximate surface area is 104 Å². The summed E-state index contributed by atoms with van der Waals surface area (Å²) >= 11 is 5.19. The van der Waals surface area contributed by atoms with Crippen LogP contribution in [0.1, 0.15) is 25.1 Å². The van der Waals surface area contributed by atoms with Gasteiger partial charge in [0.1, 0.15) is 0 Å². The van der Waals surface area contributed by atoms with E-state index in [1.165, 1.54) is 4.88 Å². The largest absolute Gasteiger partial charge is 0.377 e. The Morgan fingerprint density at radius 1 is 1.53 bits per heavy atom. The molecule has 0 amide bonds. The Morgan fingerprint density at radius 3 is 2.73 bits per heavy atom. The van der Waals surface area contributed by atoms with E-state index in [-0.39, 0.29) is 12.1 Å². The van der Waals surface area contributed by atoms with Gasteiger partial charge < -0.3 is 10.5 Å². The minimum Gasteiger partial charge on any atom is -0.377 e. The van der Waals surface area contributed by atoms with Crippen molar-refractivity contribution in [2.24, 2.45) is 5.73 Å². The maximum Gasteiger partial charge on any atom is 0.0726 e. The summed E-state index contributed by atoms with van der Waals surface area (Å²) in [6.07, 6.45) is 2.05. The van der Waals surface area contributed by atoms with E-state index >= 15 is 0 Å². The van der Waals surface area contributed by atoms with Crippen molar-refractivity contribution in [3.8, 4) is 0 Å². The van der Waals surface area contributed by atoms with Gasteiger partial charge in [0.25, 0.3) is 0 Å². The summed E-state index contributed by atoms with van der Waals surface area (Å²) in [5, 5.41) is 2.09. The molecule has 0 spiro atoms. The van der Waals surface area contributed by atoms with Crippen LogP contribution in [0.15, 0.2) is 15.9 Å². The molecule has 2 unspecified atom stereocenters. The van der Waals surface area contributed by atoms with E-state index in [1.54, 1.807) is 11.3 Å². The molecule has 0 fully saturated rings. The SMILES string of the molecule is CCOC(CC)C(N)Cc1cc(Br)cs1. The summed E-state index contributed by atoms with van der Waals surface area (Å²) in [4.78, 5) is 1.31. The zero-order chi connectivity index (χ0) is 11.3. The number of halogens is 1. The monoisotopic (exact) mass is 291 g/mol. The van der Waals surface area contributed by atoms with E-state index < -0.39 is 0 Å². The summed E-state index contributed by atoms with van der Waals surface area (Å²) in [6, 6.07) is 2.23. The summed E-state index contributed by atoms with van der Waals surface area (Å²) in [6.45, 7) is 4.86. The van der Waals surface area contributed by atoms with E-state index in [0.29, 0.717) is 0 Å². The Balaban J connectivity index is 2.49. The summed E-state index contributed by atoms with van der Waals surface area (Å²) in [7, 11) is 0. The first-order valence-electron chi connectivity index (χ1n) is 5.27. The predicted octanol–water partition coefficient (Wildman–Crippen LogP) is 3.20. The molecular weight excluding hydrogens is 274 g/mol. The van der Waals surface area contributed by atoms with Crippen LogP contribution in [-0.4, -0.2) is 18.8 Å². The lowest BCUT2D eigenvalue weighted by atomic mass is 10.1. The molecule has 86 valence electrons. The molecule has 0 aromatic carbocycles. The Bertz CT molecular complexity index is 290. The molecular formula is C11H18BrNOS. The third-order valence-corrected chi connectivity index (χ3v) is 4.04. The van der Waals surface area contributed by atoms with Gasteiger partial charge >= 0.3 is 0 Å². The van der Waals surface area contributed by atoms with E-state index in [9.17, 15) is 0 Å². The van der Waals surface area contributed by atoms with Crippen molar-refractivity contribution >= 4 is 27.3 Å². The first-order valence-corrected chi connectivity index (χ1v) is 6.94. The molecule has 0 radical (unpaired) electrons. The zero-order valence-electron chi connectivity index (χ0n) is 9.20. The summed E-state index contributed by atoms with van der Waals surface area (Å²) in [5.74, 6) is 0. The number of nitrogens with two attached hydrogens (primary N) is 1. The molecule has 1 aromatic heterocycles. The Hall–Kier alpha value is 0.1000. The fourth-order valence-electron chi connectivity index (χ4n) is 1.58. The average Bonchev–Trinajstić information content (AvgIpc) is 2.60. The highest BCUT2D eigenvalue weighted by Crippen LogP contribution is 2.21. The maximum absolute atomic E-state index is 6.12. The van der Waals surface area contributed by atoms with Crippen LogP contribution in [0.25, 0.3) is 0 Å². The Kier molecular flexibility index (Phi) is 5.82. The maximum atomic E-state index is 6.12. The molecule has 4 heteroatoms. The number of hydrogen-bond donors (Lipinski definition) is 1. The second kappa shape index (κ2) is 6.63. The third-order valence-electron chi connectivity index (χ3n) is 2.32. The number of ether oxygens (including phenoxy) is 1. The summed E-state index contributed by atoms with van der Waals surface area (Å²) in [5.41, 5.74) is 6.12. The van der Waals surface area contributed by atoms with Crippen molar-refractivity contribution in [2.75, 3.05) is 6.61 Å². The molecule has 0 aliphatic heterocycles. The van der Waals surface area contributed by atoms with Crippen molar-refractivity contribution in [2.45, 2.75) is 38.8 Å². The predicted molar refractivity (Wildman–Crippen MR) is 69.4 cm³/mol. The van der Waals surface area contributed by atoms with Gasteiger partial charge in [0.05, 0.1) is 6.10 Å². The van der Waals surface area contributed by atoms with E-state index in [4.69, 9.17) is 10.5 Å². The Morgan fingerprint density at radius 2 is 2.27 bits per heavy atom. The van der Waals surface area contributed by atoms with Crippen LogP contribution in [0.3, 0.4) is 0 Å². The first-order chi connectivity index (χ1) is 7.17. The van der Waals surface area contributed by atoms with Gasteiger partial charge in [-0.2, -0.15) is 0 Å². The van der Waals surface area contributed by atoms with Crippen LogP contribution in [0.4, 0.5) is 0 Å². The van der Waals surface area contributed by atoms with Crippen LogP contribution in [-0.2, 0) is 11.2 Å². The van der Waals surface area contributed by atoms with E-state index in [1.807, 2.05) is 6.92 Å². The first kappa shape index (κ1) is 13.2. The minimum absolute atomic E-state index is 0.0977. The van der Waals surface area contributed by atoms with Gasteiger partial charge in [-0.05, 0) is 41.8 Å². The number of hydrogen-bond acceptors (Lipinski definition) is 3. The lowest BCUT2D eigenvalue weighted by Crippen LogP contribution is -2.38. The fraction of sp³-hybridized carbons (Fsp3) is 0.636. The normalized spacial score (nSPS) is 15.2. The molecule has 0 saturated carbocycles. The molecule has 2 N–H and O–H groups in total. The third kappa shape index (κ3) is 4.23. The highest BCUT2D eigenvalue weighted by atomic mass is 79.9. The van der Waals surface area contributed by atoms with Gasteiger partial charge in [-0.3, -0.25) is 0 Å². The van der Waals surface area contributed by atoms with Gasteiger partial charge in [0.15, 0.2) is 0 Å². The topological polar surface area (TPSA) is 35.2 Å². The lowest BCUT2D eigenvalue weighted by Gasteiger charge is -2.21. The quantitative estimate of drug-likeness (QED) is 0.874. The molecule has 0 aliphatic carbocycles. The van der Waals surface area contributed by atoms with E-state index in [2.05, 4.69) is 34.3 Å². The minimum atomic E-state index is 0.0977. The molecule has 1 heterocycles. The van der Waals surface area contributed by atoms with Crippen molar-refractivity contribution in [3.05, 3.63) is 20.8 Å². The van der Waals surface area contributed by atoms with Crippen molar-refractivity contribution in [3.63, 3.8) is 0 Å². The molecule has 0 saturated heterocycles. The zero-order valence-corrected chi connectivity index (χ0v) is 11.6. The number of thiophene rings is 1. The molecule has 0 aliphatic rings. The molecule has 1 aromatic rings. The van der Waals surface area contributed by atoms with Crippen LogP contribution in [0.5, 0.6) is 0 Å². The van der Waals surface area contributed by atoms with Crippen molar-refractivity contribution in [1.29, 1.82) is 0 Å². The molecule has 0 bridgehead atoms. The average molecular weight is 292 g/mol. The standard InChI is InChI=1S/C11H18BrNOS/c1-3-11(14-4-2)10(13)6-9-5-8(12)7-15-9/h5,7,10-11H,3-4,6,13H2,1-2H3. The lowest BCUT2D eigenvalue weighted by molar-refractivity contribution is 0.0419. The van der Waals surface area contributed by atoms with Crippen LogP contribution >= 0.6 is 27.3 Å². The van der Waals surface area contributed by atoms with Crippen molar-refractivity contribution < 1.29 is 4.74 Å². The highest BCUT2D eigenvalue weighted by molar-refractivity contribution is 9.10. The van der Waals surface area contributed by atoms with Gasteiger partial charge in [-0.15, -0.1) is 11.3 Å². The molecule has 2 atom stereocenters. The van der Waals surface area contributed by atoms with E-state index in [0.717, 1.165) is 23.9 Å². The van der Waals surface area contributed by atoms with Crippen LogP contribution in [0, 0.1) is 0 Å². The van der Waals surface area contributed by atoms with Gasteiger partial charge in [-0.25, -0.2) is 0 Å². The second-order valence-electron chi connectivity index (χ2n) is 3.50. The molecule has 15 heavy (non-hydrogen) atoms. The summed E-state index contributed by atoms with van der Waals surface area (Å²) < 4.78 is 6.74. The van der Waals surface area contributed by atoms with Gasteiger partial charge in [-0.1, -0.05) is 6.92 Å². The fourth-order valence-corrected chi connectivity index (χ4v) is 3.11. The smallest absolute Gasteiger partial charge is 0.0726 e. The molecule has 2 nitrogen and oxygen atoms in total. The second-order valence-corrected chi connectivity index (χ2v) is 5.41. The van der Waals surface area contributed by atoms with Gasteiger partial charge in [0, 0.05) is 27.4 Å². The number of rotatable bonds is 6. The highest BCUT2D eigenvalue weighted by Gasteiger charge is 2.17. The van der Waals surface area contributed by atoms with Crippen LogP contribution in [0.2, 0.25) is 0 Å².